The Bertz CT molecular complexity index is 697. The first-order valence-corrected chi connectivity index (χ1v) is 6.95. The van der Waals surface area contributed by atoms with E-state index in [1.165, 1.54) is 38.1 Å². The van der Waals surface area contributed by atoms with Crippen molar-refractivity contribution in [3.8, 4) is 5.75 Å². The molecule has 1 aromatic carbocycles. The predicted molar refractivity (Wildman–Crippen MR) is 78.7 cm³/mol. The molecular formula is C14H15F2N3O5. The lowest BCUT2D eigenvalue weighted by Gasteiger charge is -2.31. The van der Waals surface area contributed by atoms with E-state index < -0.39 is 35.5 Å². The van der Waals surface area contributed by atoms with E-state index in [1.54, 1.807) is 0 Å². The smallest absolute Gasteiger partial charge is 0.310 e. The molecule has 1 amide bonds. The summed E-state index contributed by atoms with van der Waals surface area (Å²) in [6.45, 7) is 2.63. The van der Waals surface area contributed by atoms with E-state index >= 15 is 0 Å². The average molecular weight is 343 g/mol. The summed E-state index contributed by atoms with van der Waals surface area (Å²) in [7, 11) is 0. The number of ether oxygens (including phenoxy) is 1. The molecule has 2 unspecified atom stereocenters. The lowest BCUT2D eigenvalue weighted by Crippen LogP contribution is -2.54. The van der Waals surface area contributed by atoms with Crippen molar-refractivity contribution in [3.63, 3.8) is 0 Å². The highest BCUT2D eigenvalue weighted by molar-refractivity contribution is 5.90. The average Bonchev–Trinajstić information content (AvgIpc) is 2.83. The number of amides is 1. The highest BCUT2D eigenvalue weighted by Gasteiger charge is 2.52. The molecule has 0 saturated carbocycles. The number of aliphatic hydroxyl groups is 1. The molecule has 0 bridgehead atoms. The number of rotatable bonds is 5. The molecule has 10 heteroatoms. The van der Waals surface area contributed by atoms with Gasteiger partial charge in [0.15, 0.2) is 11.9 Å². The number of hydrogen-bond donors (Lipinski definition) is 1. The van der Waals surface area contributed by atoms with E-state index in [-0.39, 0.29) is 22.2 Å². The second-order valence-electron chi connectivity index (χ2n) is 5.33. The zero-order valence-corrected chi connectivity index (χ0v) is 12.8. The first kappa shape index (κ1) is 17.7. The Morgan fingerprint density at radius 1 is 1.50 bits per heavy atom. The molecule has 0 radical (unpaired) electrons. The third-order valence-corrected chi connectivity index (χ3v) is 3.43. The number of carbonyl (C=O) groups excluding carboxylic acids is 1. The fraction of sp³-hybridized carbons (Fsp3) is 0.429. The van der Waals surface area contributed by atoms with E-state index in [4.69, 9.17) is 4.74 Å². The van der Waals surface area contributed by atoms with Crippen molar-refractivity contribution in [1.29, 1.82) is 0 Å². The van der Waals surface area contributed by atoms with Gasteiger partial charge in [0.25, 0.3) is 12.3 Å². The van der Waals surface area contributed by atoms with Gasteiger partial charge in [-0.15, -0.1) is 0 Å². The van der Waals surface area contributed by atoms with Gasteiger partial charge in [0.2, 0.25) is 5.72 Å². The lowest BCUT2D eigenvalue weighted by molar-refractivity contribution is -0.386. The maximum atomic E-state index is 13.1. The van der Waals surface area contributed by atoms with Crippen molar-refractivity contribution in [1.82, 2.24) is 5.01 Å². The number of hydrazone groups is 1. The van der Waals surface area contributed by atoms with Crippen molar-refractivity contribution in [2.45, 2.75) is 38.5 Å². The Kier molecular flexibility index (Phi) is 4.78. The summed E-state index contributed by atoms with van der Waals surface area (Å²) >= 11 is 0. The molecule has 0 spiro atoms. The Balaban J connectivity index is 2.23. The standard InChI is InChI=1S/C14H15F2N3O5/c1-8-7-14(21,13(15)16)18(17-8)12(20)9(2)24-11-6-4-3-5-10(11)19(22)23/h3-6,9,13,21H,7H2,1-2H3. The van der Waals surface area contributed by atoms with E-state index in [1.807, 2.05) is 0 Å². The van der Waals surface area contributed by atoms with Crippen molar-refractivity contribution in [3.05, 3.63) is 34.4 Å². The van der Waals surface area contributed by atoms with E-state index in [2.05, 4.69) is 5.10 Å². The number of alkyl halides is 2. The maximum absolute atomic E-state index is 13.1. The summed E-state index contributed by atoms with van der Waals surface area (Å²) < 4.78 is 31.5. The summed E-state index contributed by atoms with van der Waals surface area (Å²) in [5.74, 6) is -1.23. The minimum absolute atomic E-state index is 0.157. The SMILES string of the molecule is CC1=NN(C(=O)C(C)Oc2ccccc2[N+](=O)[O-])C(O)(C(F)F)C1. The molecule has 8 nitrogen and oxygen atoms in total. The molecular weight excluding hydrogens is 328 g/mol. The number of hydrogen-bond acceptors (Lipinski definition) is 6. The topological polar surface area (TPSA) is 105 Å². The molecule has 1 heterocycles. The van der Waals surface area contributed by atoms with E-state index in [0.29, 0.717) is 0 Å². The molecule has 0 aromatic heterocycles. The molecule has 1 aliphatic heterocycles. The van der Waals surface area contributed by atoms with E-state index in [0.717, 1.165) is 0 Å². The zero-order chi connectivity index (χ0) is 18.1. The second kappa shape index (κ2) is 6.48. The summed E-state index contributed by atoms with van der Waals surface area (Å²) in [6, 6.07) is 5.34. The largest absolute Gasteiger partial charge is 0.474 e. The molecule has 1 aliphatic rings. The fourth-order valence-corrected chi connectivity index (χ4v) is 2.27. The van der Waals surface area contributed by atoms with Gasteiger partial charge >= 0.3 is 5.69 Å². The van der Waals surface area contributed by atoms with Crippen LogP contribution < -0.4 is 4.74 Å². The lowest BCUT2D eigenvalue weighted by atomic mass is 10.1. The molecule has 2 rings (SSSR count). The molecule has 2 atom stereocenters. The molecule has 0 aliphatic carbocycles. The Morgan fingerprint density at radius 3 is 2.71 bits per heavy atom. The quantitative estimate of drug-likeness (QED) is 0.649. The summed E-state index contributed by atoms with van der Waals surface area (Å²) in [6.07, 6.45) is -5.10. The highest BCUT2D eigenvalue weighted by atomic mass is 19.3. The molecule has 1 N–H and O–H groups in total. The van der Waals surface area contributed by atoms with Gasteiger partial charge in [-0.2, -0.15) is 10.1 Å². The normalized spacial score (nSPS) is 21.6. The minimum Gasteiger partial charge on any atom is -0.474 e. The minimum atomic E-state index is -3.24. The van der Waals surface area contributed by atoms with Gasteiger partial charge in [-0.1, -0.05) is 12.1 Å². The van der Waals surface area contributed by atoms with Crippen molar-refractivity contribution in [2.75, 3.05) is 0 Å². The van der Waals surface area contributed by atoms with Crippen LogP contribution in [0.2, 0.25) is 0 Å². The number of para-hydroxylation sites is 2. The number of benzene rings is 1. The first-order valence-electron chi connectivity index (χ1n) is 6.95. The number of carbonyl (C=O) groups is 1. The van der Waals surface area contributed by atoms with Gasteiger partial charge in [0, 0.05) is 18.2 Å². The molecule has 0 fully saturated rings. The summed E-state index contributed by atoms with van der Waals surface area (Å²) in [5.41, 5.74) is -2.96. The van der Waals surface area contributed by atoms with Gasteiger partial charge in [-0.25, -0.2) is 8.78 Å². The van der Waals surface area contributed by atoms with Crippen LogP contribution in [0.5, 0.6) is 5.75 Å². The maximum Gasteiger partial charge on any atom is 0.310 e. The van der Waals surface area contributed by atoms with Crippen LogP contribution in [0.4, 0.5) is 14.5 Å². The molecule has 24 heavy (non-hydrogen) atoms. The van der Waals surface area contributed by atoms with Crippen LogP contribution in [0.25, 0.3) is 0 Å². The Morgan fingerprint density at radius 2 is 2.12 bits per heavy atom. The Hall–Kier alpha value is -2.62. The number of nitro groups is 1. The van der Waals surface area contributed by atoms with Gasteiger partial charge in [-0.3, -0.25) is 14.9 Å². The Labute approximate surface area is 135 Å². The van der Waals surface area contributed by atoms with Crippen molar-refractivity contribution in [2.24, 2.45) is 5.10 Å². The third-order valence-electron chi connectivity index (χ3n) is 3.43. The van der Waals surface area contributed by atoms with Crippen LogP contribution in [-0.2, 0) is 4.79 Å². The summed E-state index contributed by atoms with van der Waals surface area (Å²) in [5, 5.41) is 24.9. The third kappa shape index (κ3) is 3.18. The summed E-state index contributed by atoms with van der Waals surface area (Å²) in [4.78, 5) is 22.6. The van der Waals surface area contributed by atoms with Gasteiger partial charge in [0.05, 0.1) is 4.92 Å². The van der Waals surface area contributed by atoms with E-state index in [9.17, 15) is 28.8 Å². The second-order valence-corrected chi connectivity index (χ2v) is 5.33. The van der Waals surface area contributed by atoms with Crippen molar-refractivity contribution < 1.29 is 28.3 Å². The monoisotopic (exact) mass is 343 g/mol. The van der Waals surface area contributed by atoms with Crippen LogP contribution in [0.1, 0.15) is 20.3 Å². The van der Waals surface area contributed by atoms with Gasteiger partial charge in [0.1, 0.15) is 0 Å². The number of halogens is 2. The highest BCUT2D eigenvalue weighted by Crippen LogP contribution is 2.33. The zero-order valence-electron chi connectivity index (χ0n) is 12.8. The molecule has 0 saturated heterocycles. The van der Waals surface area contributed by atoms with Crippen LogP contribution in [0.15, 0.2) is 29.4 Å². The number of nitro benzene ring substituents is 1. The van der Waals surface area contributed by atoms with Crippen molar-refractivity contribution >= 4 is 17.3 Å². The first-order chi connectivity index (χ1) is 11.2. The van der Waals surface area contributed by atoms with Crippen LogP contribution >= 0.6 is 0 Å². The van der Waals surface area contributed by atoms with Crippen LogP contribution in [0.3, 0.4) is 0 Å². The number of nitrogens with zero attached hydrogens (tertiary/aromatic N) is 3. The fourth-order valence-electron chi connectivity index (χ4n) is 2.27. The molecule has 1 aromatic rings. The van der Waals surface area contributed by atoms with Gasteiger partial charge < -0.3 is 9.84 Å². The van der Waals surface area contributed by atoms with Gasteiger partial charge in [-0.05, 0) is 19.9 Å². The predicted octanol–water partition coefficient (Wildman–Crippen LogP) is 1.92. The van der Waals surface area contributed by atoms with Crippen LogP contribution in [0, 0.1) is 10.1 Å². The molecule has 130 valence electrons. The van der Waals surface area contributed by atoms with Crippen LogP contribution in [-0.4, -0.2) is 44.9 Å².